The summed E-state index contributed by atoms with van der Waals surface area (Å²) in [7, 11) is 2.89. The molecule has 0 radical (unpaired) electrons. The Bertz CT molecular complexity index is 634. The molecule has 1 heterocycles. The molecule has 1 N–H and O–H groups in total. The number of aromatic amines is 1. The molecule has 0 unspecified atom stereocenters. The quantitative estimate of drug-likeness (QED) is 0.418. The van der Waals surface area contributed by atoms with Crippen LogP contribution in [0.15, 0.2) is 0 Å². The maximum absolute atomic E-state index is 12.8. The van der Waals surface area contributed by atoms with Gasteiger partial charge in [-0.25, -0.2) is 4.79 Å². The number of esters is 1. The first kappa shape index (κ1) is 20.9. The van der Waals surface area contributed by atoms with Crippen molar-refractivity contribution >= 4 is 17.7 Å². The Morgan fingerprint density at radius 2 is 1.80 bits per heavy atom. The van der Waals surface area contributed by atoms with Gasteiger partial charge in [0.05, 0.1) is 13.7 Å². The molecule has 0 aliphatic rings. The highest BCUT2D eigenvalue weighted by atomic mass is 16.5. The van der Waals surface area contributed by atoms with Gasteiger partial charge in [0, 0.05) is 37.4 Å². The highest BCUT2D eigenvalue weighted by Crippen LogP contribution is 2.20. The zero-order chi connectivity index (χ0) is 19.1. The summed E-state index contributed by atoms with van der Waals surface area (Å²) in [6.07, 6.45) is 0.654. The zero-order valence-electron chi connectivity index (χ0n) is 15.9. The molecule has 0 aliphatic carbocycles. The van der Waals surface area contributed by atoms with Crippen LogP contribution in [-0.2, 0) is 14.3 Å². The van der Waals surface area contributed by atoms with Crippen LogP contribution >= 0.6 is 0 Å². The topological polar surface area (TPSA) is 88.7 Å². The van der Waals surface area contributed by atoms with Crippen LogP contribution < -0.4 is 0 Å². The third kappa shape index (κ3) is 5.16. The van der Waals surface area contributed by atoms with Crippen molar-refractivity contribution in [2.45, 2.75) is 34.1 Å². The third-order valence-corrected chi connectivity index (χ3v) is 4.02. The van der Waals surface area contributed by atoms with Gasteiger partial charge in [-0.2, -0.15) is 0 Å². The molecule has 7 heteroatoms. The number of ether oxygens (including phenoxy) is 2. The minimum Gasteiger partial charge on any atom is -0.464 e. The highest BCUT2D eigenvalue weighted by molar-refractivity contribution is 6.04. The number of rotatable bonds is 9. The summed E-state index contributed by atoms with van der Waals surface area (Å²) in [5.41, 5.74) is 1.85. The normalized spacial score (nSPS) is 10.8. The second kappa shape index (κ2) is 9.36. The van der Waals surface area contributed by atoms with Gasteiger partial charge in [-0.05, 0) is 25.8 Å². The first-order chi connectivity index (χ1) is 11.7. The Morgan fingerprint density at radius 1 is 1.16 bits per heavy atom. The van der Waals surface area contributed by atoms with Gasteiger partial charge < -0.3 is 19.4 Å². The van der Waals surface area contributed by atoms with Gasteiger partial charge >= 0.3 is 5.97 Å². The van der Waals surface area contributed by atoms with Crippen LogP contribution in [0.3, 0.4) is 0 Å². The summed E-state index contributed by atoms with van der Waals surface area (Å²) in [5, 5.41) is 0. The number of hydrogen-bond donors (Lipinski definition) is 1. The number of hydrogen-bond acceptors (Lipinski definition) is 5. The van der Waals surface area contributed by atoms with Crippen LogP contribution in [0.1, 0.15) is 52.4 Å². The van der Waals surface area contributed by atoms with Crippen molar-refractivity contribution in [3.8, 4) is 0 Å². The number of Topliss-reactive ketones (excluding diaryl/α,β-unsaturated/α-hetero) is 1. The van der Waals surface area contributed by atoms with Crippen LogP contribution in [0.25, 0.3) is 0 Å². The van der Waals surface area contributed by atoms with Gasteiger partial charge in [-0.1, -0.05) is 13.8 Å². The molecule has 0 aromatic carbocycles. The SMILES string of the molecule is COCCCN(CC(=O)c1c(C)[nH]c(C(=O)OC)c1C)C(=O)C(C)C. The fourth-order valence-electron chi connectivity index (χ4n) is 2.76. The molecule has 1 aromatic rings. The van der Waals surface area contributed by atoms with E-state index in [1.54, 1.807) is 39.7 Å². The highest BCUT2D eigenvalue weighted by Gasteiger charge is 2.26. The molecule has 0 aliphatic heterocycles. The van der Waals surface area contributed by atoms with E-state index >= 15 is 0 Å². The van der Waals surface area contributed by atoms with Crippen molar-refractivity contribution in [2.24, 2.45) is 5.92 Å². The molecule has 1 amide bonds. The van der Waals surface area contributed by atoms with E-state index in [0.717, 1.165) is 0 Å². The minimum absolute atomic E-state index is 0.0269. The number of H-pyrrole nitrogens is 1. The number of amides is 1. The Balaban J connectivity index is 3.02. The number of methoxy groups -OCH3 is 2. The fourth-order valence-corrected chi connectivity index (χ4v) is 2.76. The van der Waals surface area contributed by atoms with E-state index in [2.05, 4.69) is 4.98 Å². The predicted octanol–water partition coefficient (Wildman–Crippen LogP) is 2.12. The first-order valence-electron chi connectivity index (χ1n) is 8.32. The number of carbonyl (C=O) groups excluding carboxylic acids is 3. The molecule has 0 fully saturated rings. The summed E-state index contributed by atoms with van der Waals surface area (Å²) in [5.74, 6) is -0.999. The second-order valence-corrected chi connectivity index (χ2v) is 6.30. The van der Waals surface area contributed by atoms with E-state index in [1.165, 1.54) is 7.11 Å². The maximum atomic E-state index is 12.8. The summed E-state index contributed by atoms with van der Waals surface area (Å²) in [6.45, 7) is 7.97. The monoisotopic (exact) mass is 352 g/mol. The molecule has 1 aromatic heterocycles. The lowest BCUT2D eigenvalue weighted by Crippen LogP contribution is -2.39. The van der Waals surface area contributed by atoms with Gasteiger partial charge in [0.1, 0.15) is 5.69 Å². The van der Waals surface area contributed by atoms with Crippen molar-refractivity contribution in [3.63, 3.8) is 0 Å². The molecule has 7 nitrogen and oxygen atoms in total. The standard InChI is InChI=1S/C18H28N2O5/c1-11(2)17(22)20(8-7-9-24-5)10-14(21)15-12(3)16(18(23)25-6)19-13(15)4/h11,19H,7-10H2,1-6H3. The molecule has 0 bridgehead atoms. The van der Waals surface area contributed by atoms with Gasteiger partial charge in [-0.15, -0.1) is 0 Å². The van der Waals surface area contributed by atoms with Crippen molar-refractivity contribution in [2.75, 3.05) is 33.9 Å². The number of carbonyl (C=O) groups is 3. The molecule has 0 saturated heterocycles. The molecular weight excluding hydrogens is 324 g/mol. The van der Waals surface area contributed by atoms with E-state index in [1.807, 2.05) is 0 Å². The molecule has 1 rings (SSSR count). The number of aromatic nitrogens is 1. The Labute approximate surface area is 148 Å². The van der Waals surface area contributed by atoms with Crippen molar-refractivity contribution in [1.29, 1.82) is 0 Å². The Hall–Kier alpha value is -2.15. The predicted molar refractivity (Wildman–Crippen MR) is 93.8 cm³/mol. The maximum Gasteiger partial charge on any atom is 0.354 e. The van der Waals surface area contributed by atoms with Crippen LogP contribution in [0.5, 0.6) is 0 Å². The lowest BCUT2D eigenvalue weighted by atomic mass is 10.0. The molecule has 0 spiro atoms. The number of ketones is 1. The average molecular weight is 352 g/mol. The molecule has 0 atom stereocenters. The lowest BCUT2D eigenvalue weighted by molar-refractivity contribution is -0.134. The number of nitrogens with zero attached hydrogens (tertiary/aromatic N) is 1. The minimum atomic E-state index is -0.519. The van der Waals surface area contributed by atoms with Crippen LogP contribution in [-0.4, -0.2) is 61.5 Å². The number of nitrogens with one attached hydrogen (secondary N) is 1. The van der Waals surface area contributed by atoms with Gasteiger partial charge in [0.15, 0.2) is 5.78 Å². The van der Waals surface area contributed by atoms with Crippen LogP contribution in [0, 0.1) is 19.8 Å². The number of aryl methyl sites for hydroxylation is 1. The van der Waals surface area contributed by atoms with E-state index in [9.17, 15) is 14.4 Å². The Morgan fingerprint density at radius 3 is 2.32 bits per heavy atom. The van der Waals surface area contributed by atoms with Crippen molar-refractivity contribution in [1.82, 2.24) is 9.88 Å². The van der Waals surface area contributed by atoms with Gasteiger partial charge in [0.25, 0.3) is 0 Å². The second-order valence-electron chi connectivity index (χ2n) is 6.30. The summed E-state index contributed by atoms with van der Waals surface area (Å²) < 4.78 is 9.74. The Kier molecular flexibility index (Phi) is 7.83. The van der Waals surface area contributed by atoms with E-state index in [-0.39, 0.29) is 29.8 Å². The first-order valence-corrected chi connectivity index (χ1v) is 8.32. The van der Waals surface area contributed by atoms with Crippen molar-refractivity contribution < 1.29 is 23.9 Å². The van der Waals surface area contributed by atoms with Gasteiger partial charge in [-0.3, -0.25) is 9.59 Å². The van der Waals surface area contributed by atoms with Crippen LogP contribution in [0.4, 0.5) is 0 Å². The van der Waals surface area contributed by atoms with Gasteiger partial charge in [0.2, 0.25) is 5.91 Å². The zero-order valence-corrected chi connectivity index (χ0v) is 15.9. The van der Waals surface area contributed by atoms with E-state index in [4.69, 9.17) is 9.47 Å². The molecule has 25 heavy (non-hydrogen) atoms. The van der Waals surface area contributed by atoms with E-state index in [0.29, 0.717) is 36.4 Å². The van der Waals surface area contributed by atoms with Crippen molar-refractivity contribution in [3.05, 3.63) is 22.5 Å². The van der Waals surface area contributed by atoms with Crippen LogP contribution in [0.2, 0.25) is 0 Å². The molecular formula is C18H28N2O5. The average Bonchev–Trinajstić information content (AvgIpc) is 2.87. The smallest absolute Gasteiger partial charge is 0.354 e. The molecule has 0 saturated carbocycles. The fraction of sp³-hybridized carbons (Fsp3) is 0.611. The lowest BCUT2D eigenvalue weighted by Gasteiger charge is -2.24. The summed E-state index contributed by atoms with van der Waals surface area (Å²) >= 11 is 0. The third-order valence-electron chi connectivity index (χ3n) is 4.02. The summed E-state index contributed by atoms with van der Waals surface area (Å²) in [6, 6.07) is 0. The summed E-state index contributed by atoms with van der Waals surface area (Å²) in [4.78, 5) is 41.4. The molecule has 140 valence electrons. The largest absolute Gasteiger partial charge is 0.464 e. The van der Waals surface area contributed by atoms with E-state index < -0.39 is 5.97 Å².